The molecule has 0 saturated carbocycles. The average Bonchev–Trinajstić information content (AvgIpc) is 2.55. The quantitative estimate of drug-likeness (QED) is 0.508. The number of hydrogen-bond acceptors (Lipinski definition) is 6. The van der Waals surface area contributed by atoms with E-state index in [4.69, 9.17) is 5.26 Å². The van der Waals surface area contributed by atoms with Crippen LogP contribution < -0.4 is 10.6 Å². The van der Waals surface area contributed by atoms with Gasteiger partial charge in [-0.2, -0.15) is 5.26 Å². The predicted molar refractivity (Wildman–Crippen MR) is 83.0 cm³/mol. The molecule has 0 bridgehead atoms. The Morgan fingerprint density at radius 1 is 1.39 bits per heavy atom. The maximum absolute atomic E-state index is 11.7. The minimum Gasteiger partial charge on any atom is -0.450 e. The summed E-state index contributed by atoms with van der Waals surface area (Å²) in [5.41, 5.74) is 0.714. The lowest BCUT2D eigenvalue weighted by molar-refractivity contribution is -0.116. The summed E-state index contributed by atoms with van der Waals surface area (Å²) in [6, 6.07) is 10.8. The molecule has 1 aromatic carbocycles. The van der Waals surface area contributed by atoms with Gasteiger partial charge in [0.15, 0.2) is 0 Å². The Hall–Kier alpha value is -2.85. The third-order valence-corrected chi connectivity index (χ3v) is 2.86. The summed E-state index contributed by atoms with van der Waals surface area (Å²) in [7, 11) is 0. The van der Waals surface area contributed by atoms with Crippen LogP contribution in [0.25, 0.3) is 0 Å². The summed E-state index contributed by atoms with van der Waals surface area (Å²) >= 11 is 0. The van der Waals surface area contributed by atoms with Crippen molar-refractivity contribution in [3.05, 3.63) is 47.7 Å². The predicted octanol–water partition coefficient (Wildman–Crippen LogP) is 0.860. The lowest BCUT2D eigenvalue weighted by atomic mass is 10.1. The Bertz CT molecular complexity index is 593. The van der Waals surface area contributed by atoms with E-state index in [9.17, 15) is 14.7 Å². The number of amides is 2. The van der Waals surface area contributed by atoms with Gasteiger partial charge in [-0.1, -0.05) is 30.3 Å². The normalized spacial score (nSPS) is 12.0. The van der Waals surface area contributed by atoms with Gasteiger partial charge in [-0.05, 0) is 18.9 Å². The van der Waals surface area contributed by atoms with Crippen molar-refractivity contribution in [3.8, 4) is 6.07 Å². The molecule has 1 atom stereocenters. The summed E-state index contributed by atoms with van der Waals surface area (Å²) in [5, 5.41) is 23.1. The Balaban J connectivity index is 2.64. The first kappa shape index (κ1) is 18.2. The molecule has 0 radical (unpaired) electrons. The fourth-order valence-corrected chi connectivity index (χ4v) is 1.75. The number of carbonyl (C=O) groups excluding carboxylic acids is 2. The maximum Gasteiger partial charge on any atom is 0.414 e. The summed E-state index contributed by atoms with van der Waals surface area (Å²) in [5.74, 6) is -0.866. The van der Waals surface area contributed by atoms with Crippen LogP contribution in [0.2, 0.25) is 0 Å². The van der Waals surface area contributed by atoms with Crippen molar-refractivity contribution in [2.24, 2.45) is 0 Å². The van der Waals surface area contributed by atoms with E-state index >= 15 is 0 Å². The molecule has 0 saturated heterocycles. The monoisotopic (exact) mass is 317 g/mol. The van der Waals surface area contributed by atoms with Crippen LogP contribution in [0.15, 0.2) is 42.1 Å². The van der Waals surface area contributed by atoms with Crippen LogP contribution >= 0.6 is 0 Å². The molecule has 0 heterocycles. The molecule has 1 unspecified atom stereocenters. The lowest BCUT2D eigenvalue weighted by Crippen LogP contribution is -2.34. The van der Waals surface area contributed by atoms with Crippen LogP contribution in [0.3, 0.4) is 0 Å². The highest BCUT2D eigenvalue weighted by molar-refractivity contribution is 6.04. The van der Waals surface area contributed by atoms with Gasteiger partial charge in [-0.15, -0.1) is 0 Å². The average molecular weight is 317 g/mol. The standard InChI is InChI=1S/C16H19N3O4/c1-2-23-16(22)19-15(21)13(9-17)10-18-14(11-20)8-12-6-4-3-5-7-12/h3-7,10,14,18,20H,2,8,11H2,1H3,(H,19,21,22). The van der Waals surface area contributed by atoms with E-state index in [0.717, 1.165) is 5.56 Å². The number of alkyl carbamates (subject to hydrolysis) is 1. The van der Waals surface area contributed by atoms with Gasteiger partial charge in [0.25, 0.3) is 5.91 Å². The number of benzene rings is 1. The van der Waals surface area contributed by atoms with Crippen molar-refractivity contribution < 1.29 is 19.4 Å². The summed E-state index contributed by atoms with van der Waals surface area (Å²) < 4.78 is 4.57. The number of hydrogen-bond donors (Lipinski definition) is 3. The number of rotatable bonds is 7. The zero-order valence-electron chi connectivity index (χ0n) is 12.8. The zero-order valence-corrected chi connectivity index (χ0v) is 12.8. The number of carbonyl (C=O) groups is 2. The number of aliphatic hydroxyl groups is 1. The highest BCUT2D eigenvalue weighted by Gasteiger charge is 2.14. The fraction of sp³-hybridized carbons (Fsp3) is 0.312. The molecule has 0 aliphatic carbocycles. The molecule has 0 aromatic heterocycles. The molecule has 2 amide bonds. The molecule has 23 heavy (non-hydrogen) atoms. The lowest BCUT2D eigenvalue weighted by Gasteiger charge is -2.15. The van der Waals surface area contributed by atoms with E-state index in [0.29, 0.717) is 6.42 Å². The molecular weight excluding hydrogens is 298 g/mol. The Morgan fingerprint density at radius 3 is 2.65 bits per heavy atom. The van der Waals surface area contributed by atoms with Crippen LogP contribution in [0.1, 0.15) is 12.5 Å². The largest absolute Gasteiger partial charge is 0.450 e. The third kappa shape index (κ3) is 6.63. The van der Waals surface area contributed by atoms with E-state index in [1.165, 1.54) is 6.20 Å². The third-order valence-electron chi connectivity index (χ3n) is 2.86. The van der Waals surface area contributed by atoms with Crippen molar-refractivity contribution in [1.82, 2.24) is 10.6 Å². The van der Waals surface area contributed by atoms with Gasteiger partial charge in [0.05, 0.1) is 19.3 Å². The van der Waals surface area contributed by atoms with Crippen molar-refractivity contribution in [3.63, 3.8) is 0 Å². The van der Waals surface area contributed by atoms with Crippen LogP contribution in [0, 0.1) is 11.3 Å². The second-order valence-corrected chi connectivity index (χ2v) is 4.58. The zero-order chi connectivity index (χ0) is 17.1. The smallest absolute Gasteiger partial charge is 0.414 e. The fourth-order valence-electron chi connectivity index (χ4n) is 1.75. The van der Waals surface area contributed by atoms with Crippen LogP contribution in [-0.2, 0) is 16.0 Å². The molecule has 0 fully saturated rings. The van der Waals surface area contributed by atoms with Gasteiger partial charge in [0, 0.05) is 6.20 Å². The first-order valence-electron chi connectivity index (χ1n) is 7.09. The van der Waals surface area contributed by atoms with Crippen LogP contribution in [0.4, 0.5) is 4.79 Å². The number of aliphatic hydroxyl groups excluding tert-OH is 1. The first-order valence-corrected chi connectivity index (χ1v) is 7.09. The van der Waals surface area contributed by atoms with Crippen LogP contribution in [0.5, 0.6) is 0 Å². The van der Waals surface area contributed by atoms with Crippen molar-refractivity contribution >= 4 is 12.0 Å². The minimum atomic E-state index is -0.915. The molecule has 0 aliphatic rings. The summed E-state index contributed by atoms with van der Waals surface area (Å²) in [4.78, 5) is 22.9. The van der Waals surface area contributed by atoms with Gasteiger partial charge >= 0.3 is 6.09 Å². The van der Waals surface area contributed by atoms with E-state index in [1.807, 2.05) is 35.6 Å². The Kier molecular flexibility index (Phi) is 7.89. The number of nitrogens with one attached hydrogen (secondary N) is 2. The number of nitrogens with zero attached hydrogens (tertiary/aromatic N) is 1. The van der Waals surface area contributed by atoms with Gasteiger partial charge in [0.1, 0.15) is 11.6 Å². The van der Waals surface area contributed by atoms with E-state index in [1.54, 1.807) is 13.0 Å². The minimum absolute atomic E-state index is 0.118. The van der Waals surface area contributed by atoms with Crippen molar-refractivity contribution in [2.75, 3.05) is 13.2 Å². The number of ether oxygens (including phenoxy) is 1. The maximum atomic E-state index is 11.7. The van der Waals surface area contributed by atoms with E-state index in [-0.39, 0.29) is 24.8 Å². The second-order valence-electron chi connectivity index (χ2n) is 4.58. The molecular formula is C16H19N3O4. The van der Waals surface area contributed by atoms with Crippen LogP contribution in [-0.4, -0.2) is 36.4 Å². The molecule has 7 heteroatoms. The second kappa shape index (κ2) is 9.97. The Morgan fingerprint density at radius 2 is 2.09 bits per heavy atom. The molecule has 3 N–H and O–H groups in total. The molecule has 0 spiro atoms. The summed E-state index contributed by atoms with van der Waals surface area (Å²) in [6.45, 7) is 1.54. The highest BCUT2D eigenvalue weighted by Crippen LogP contribution is 2.03. The van der Waals surface area contributed by atoms with E-state index in [2.05, 4.69) is 10.1 Å². The van der Waals surface area contributed by atoms with Gasteiger partial charge in [0.2, 0.25) is 0 Å². The molecule has 0 aliphatic heterocycles. The SMILES string of the molecule is CCOC(=O)NC(=O)C(C#N)=CNC(CO)Cc1ccccc1. The molecule has 122 valence electrons. The number of imide groups is 1. The summed E-state index contributed by atoms with van der Waals surface area (Å²) in [6.07, 6.45) is 0.784. The Labute approximate surface area is 134 Å². The number of nitriles is 1. The molecule has 1 rings (SSSR count). The van der Waals surface area contributed by atoms with Crippen molar-refractivity contribution in [2.45, 2.75) is 19.4 Å². The molecule has 7 nitrogen and oxygen atoms in total. The van der Waals surface area contributed by atoms with Gasteiger partial charge in [-0.3, -0.25) is 10.1 Å². The van der Waals surface area contributed by atoms with Gasteiger partial charge in [-0.25, -0.2) is 4.79 Å². The topological polar surface area (TPSA) is 111 Å². The van der Waals surface area contributed by atoms with Crippen molar-refractivity contribution in [1.29, 1.82) is 5.26 Å². The van der Waals surface area contributed by atoms with E-state index < -0.39 is 12.0 Å². The highest BCUT2D eigenvalue weighted by atomic mass is 16.5. The first-order chi connectivity index (χ1) is 11.1. The molecule has 1 aromatic rings. The van der Waals surface area contributed by atoms with Gasteiger partial charge < -0.3 is 15.2 Å².